The third kappa shape index (κ3) is 4.90. The highest BCUT2D eigenvalue weighted by atomic mass is 35.5. The zero-order valence-corrected chi connectivity index (χ0v) is 18.2. The second-order valence-electron chi connectivity index (χ2n) is 7.14. The Kier molecular flexibility index (Phi) is 6.27. The highest BCUT2D eigenvalue weighted by Gasteiger charge is 2.28. The fraction of sp³-hybridized carbons (Fsp3) is 0.174. The average molecular weight is 457 g/mol. The molecular formula is C23H21ClN2O4S. The van der Waals surface area contributed by atoms with Crippen LogP contribution in [-0.4, -0.2) is 31.8 Å². The summed E-state index contributed by atoms with van der Waals surface area (Å²) < 4.78 is 33.3. The summed E-state index contributed by atoms with van der Waals surface area (Å²) in [6, 6.07) is 20.9. The van der Waals surface area contributed by atoms with Gasteiger partial charge in [-0.2, -0.15) is 4.31 Å². The van der Waals surface area contributed by atoms with Gasteiger partial charge < -0.3 is 10.1 Å². The van der Waals surface area contributed by atoms with Gasteiger partial charge in [0.05, 0.1) is 4.90 Å². The Labute approximate surface area is 186 Å². The van der Waals surface area contributed by atoms with Crippen LogP contribution in [-0.2, 0) is 23.1 Å². The van der Waals surface area contributed by atoms with E-state index in [1.807, 2.05) is 30.3 Å². The Morgan fingerprint density at radius 3 is 2.61 bits per heavy atom. The zero-order chi connectivity index (χ0) is 21.8. The minimum Gasteiger partial charge on any atom is -0.492 e. The van der Waals surface area contributed by atoms with E-state index in [9.17, 15) is 13.2 Å². The second kappa shape index (κ2) is 9.09. The maximum absolute atomic E-state index is 13.1. The molecule has 4 rings (SSSR count). The summed E-state index contributed by atoms with van der Waals surface area (Å²) >= 11 is 5.98. The Morgan fingerprint density at radius 2 is 1.84 bits per heavy atom. The predicted octanol–water partition coefficient (Wildman–Crippen LogP) is 3.85. The predicted molar refractivity (Wildman–Crippen MR) is 119 cm³/mol. The maximum Gasteiger partial charge on any atom is 0.251 e. The van der Waals surface area contributed by atoms with Crippen molar-refractivity contribution < 1.29 is 17.9 Å². The lowest BCUT2D eigenvalue weighted by Gasteiger charge is -2.20. The summed E-state index contributed by atoms with van der Waals surface area (Å²) in [6.07, 6.45) is 0. The molecule has 1 N–H and O–H groups in total. The number of sulfonamides is 1. The number of benzene rings is 3. The molecule has 0 unspecified atom stereocenters. The molecule has 1 aliphatic rings. The van der Waals surface area contributed by atoms with Gasteiger partial charge in [-0.3, -0.25) is 4.79 Å². The highest BCUT2D eigenvalue weighted by Crippen LogP contribution is 2.28. The number of hydrogen-bond acceptors (Lipinski definition) is 4. The molecule has 0 aliphatic carbocycles. The van der Waals surface area contributed by atoms with E-state index in [1.165, 1.54) is 16.4 Å². The van der Waals surface area contributed by atoms with E-state index < -0.39 is 10.0 Å². The average Bonchev–Trinajstić information content (AvgIpc) is 3.00. The van der Waals surface area contributed by atoms with Crippen molar-refractivity contribution >= 4 is 27.5 Å². The second-order valence-corrected chi connectivity index (χ2v) is 9.51. The van der Waals surface area contributed by atoms with Crippen molar-refractivity contribution in [2.75, 3.05) is 13.2 Å². The first-order valence-corrected chi connectivity index (χ1v) is 11.6. The number of fused-ring (bicyclic) bond motifs is 1. The van der Waals surface area contributed by atoms with Crippen LogP contribution in [0, 0.1) is 0 Å². The number of carbonyl (C=O) groups excluding carboxylic acids is 1. The molecule has 0 aromatic heterocycles. The van der Waals surface area contributed by atoms with Crippen LogP contribution in [0.3, 0.4) is 0 Å². The van der Waals surface area contributed by atoms with Crippen LogP contribution in [0.5, 0.6) is 5.75 Å². The Bertz CT molecular complexity index is 1200. The smallest absolute Gasteiger partial charge is 0.251 e. The monoisotopic (exact) mass is 456 g/mol. The van der Waals surface area contributed by atoms with Gasteiger partial charge >= 0.3 is 0 Å². The molecule has 1 aliphatic heterocycles. The van der Waals surface area contributed by atoms with Crippen molar-refractivity contribution in [2.24, 2.45) is 0 Å². The first-order chi connectivity index (χ1) is 14.9. The number of hydrogen-bond donors (Lipinski definition) is 1. The van der Waals surface area contributed by atoms with Crippen molar-refractivity contribution in [3.05, 3.63) is 94.5 Å². The normalized spacial score (nSPS) is 14.2. The Hall–Kier alpha value is -2.87. The van der Waals surface area contributed by atoms with Crippen LogP contribution >= 0.6 is 11.6 Å². The molecule has 8 heteroatoms. The lowest BCUT2D eigenvalue weighted by Crippen LogP contribution is -2.32. The van der Waals surface area contributed by atoms with Gasteiger partial charge in [-0.15, -0.1) is 0 Å². The topological polar surface area (TPSA) is 75.7 Å². The molecule has 0 radical (unpaired) electrons. The first-order valence-electron chi connectivity index (χ1n) is 9.77. The van der Waals surface area contributed by atoms with Gasteiger partial charge in [0.25, 0.3) is 5.91 Å². The van der Waals surface area contributed by atoms with Crippen LogP contribution in [0.2, 0.25) is 5.02 Å². The molecule has 160 valence electrons. The molecule has 0 atom stereocenters. The summed E-state index contributed by atoms with van der Waals surface area (Å²) in [6.45, 7) is 0.915. The zero-order valence-electron chi connectivity index (χ0n) is 16.6. The molecule has 31 heavy (non-hydrogen) atoms. The van der Waals surface area contributed by atoms with Crippen molar-refractivity contribution in [1.82, 2.24) is 9.62 Å². The molecule has 0 saturated heterocycles. The van der Waals surface area contributed by atoms with E-state index in [1.54, 1.807) is 30.3 Å². The van der Waals surface area contributed by atoms with Gasteiger partial charge in [-0.05, 0) is 42.0 Å². The van der Waals surface area contributed by atoms with E-state index in [4.69, 9.17) is 16.3 Å². The molecule has 1 heterocycles. The summed E-state index contributed by atoms with van der Waals surface area (Å²) in [4.78, 5) is 12.8. The van der Waals surface area contributed by atoms with Crippen LogP contribution in [0.4, 0.5) is 0 Å². The highest BCUT2D eigenvalue weighted by molar-refractivity contribution is 7.89. The summed E-state index contributed by atoms with van der Waals surface area (Å²) in [5.41, 5.74) is 2.07. The number of rotatable bonds is 5. The largest absolute Gasteiger partial charge is 0.492 e. The lowest BCUT2D eigenvalue weighted by atomic mass is 10.1. The number of nitrogens with one attached hydrogen (secondary N) is 1. The quantitative estimate of drug-likeness (QED) is 0.632. The van der Waals surface area contributed by atoms with Crippen molar-refractivity contribution in [3.63, 3.8) is 0 Å². The van der Waals surface area contributed by atoms with Gasteiger partial charge in [0.2, 0.25) is 10.0 Å². The van der Waals surface area contributed by atoms with E-state index in [0.29, 0.717) is 28.4 Å². The molecular weight excluding hydrogens is 436 g/mol. The number of amides is 1. The molecule has 3 aromatic carbocycles. The molecule has 0 spiro atoms. The van der Waals surface area contributed by atoms with Crippen molar-refractivity contribution in [2.45, 2.75) is 18.0 Å². The third-order valence-electron chi connectivity index (χ3n) is 5.00. The van der Waals surface area contributed by atoms with Crippen LogP contribution in [0.15, 0.2) is 77.7 Å². The van der Waals surface area contributed by atoms with E-state index >= 15 is 0 Å². The number of halogens is 1. The molecule has 0 saturated carbocycles. The first kappa shape index (κ1) is 21.4. The van der Waals surface area contributed by atoms with Crippen molar-refractivity contribution in [1.29, 1.82) is 0 Å². The fourth-order valence-electron chi connectivity index (χ4n) is 3.37. The molecule has 0 fully saturated rings. The molecule has 0 bridgehead atoms. The van der Waals surface area contributed by atoms with Crippen molar-refractivity contribution in [3.8, 4) is 5.75 Å². The third-order valence-corrected chi connectivity index (χ3v) is 7.07. The molecule has 6 nitrogen and oxygen atoms in total. The van der Waals surface area contributed by atoms with Crippen LogP contribution < -0.4 is 10.1 Å². The van der Waals surface area contributed by atoms with Gasteiger partial charge in [-0.25, -0.2) is 8.42 Å². The van der Waals surface area contributed by atoms with Crippen LogP contribution in [0.25, 0.3) is 0 Å². The summed E-state index contributed by atoms with van der Waals surface area (Å²) in [7, 11) is -3.76. The van der Waals surface area contributed by atoms with Gasteiger partial charge in [-0.1, -0.05) is 48.0 Å². The Morgan fingerprint density at radius 1 is 1.03 bits per heavy atom. The number of ether oxygens (including phenoxy) is 1. The van der Waals surface area contributed by atoms with E-state index in [-0.39, 0.29) is 30.5 Å². The fourth-order valence-corrected chi connectivity index (χ4v) is 5.08. The standard InChI is InChI=1S/C23H21ClN2O4S/c24-20-7-4-8-21(14-20)31(28,29)26-11-12-30-22-10-9-18(13-19(22)16-26)23(27)25-15-17-5-2-1-3-6-17/h1-10,13-14H,11-12,15-16H2,(H,25,27). The summed E-state index contributed by atoms with van der Waals surface area (Å²) in [5.74, 6) is 0.337. The molecule has 3 aromatic rings. The lowest BCUT2D eigenvalue weighted by molar-refractivity contribution is 0.0950. The van der Waals surface area contributed by atoms with Crippen LogP contribution in [0.1, 0.15) is 21.5 Å². The number of carbonyl (C=O) groups is 1. The Balaban J connectivity index is 1.54. The van der Waals surface area contributed by atoms with Gasteiger partial charge in [0, 0.05) is 35.8 Å². The van der Waals surface area contributed by atoms with Gasteiger partial charge in [0.1, 0.15) is 12.4 Å². The minimum atomic E-state index is -3.76. The number of nitrogens with zero attached hydrogens (tertiary/aromatic N) is 1. The summed E-state index contributed by atoms with van der Waals surface area (Å²) in [5, 5.41) is 3.24. The minimum absolute atomic E-state index is 0.101. The maximum atomic E-state index is 13.1. The van der Waals surface area contributed by atoms with E-state index in [0.717, 1.165) is 5.56 Å². The SMILES string of the molecule is O=C(NCc1ccccc1)c1ccc2c(c1)CN(S(=O)(=O)c1cccc(Cl)c1)CCO2. The molecule has 1 amide bonds. The van der Waals surface area contributed by atoms with E-state index in [2.05, 4.69) is 5.32 Å². The van der Waals surface area contributed by atoms with Gasteiger partial charge in [0.15, 0.2) is 0 Å².